The van der Waals surface area contributed by atoms with E-state index in [1.54, 1.807) is 18.3 Å². The van der Waals surface area contributed by atoms with Crippen LogP contribution in [-0.2, 0) is 0 Å². The predicted octanol–water partition coefficient (Wildman–Crippen LogP) is 3.18. The molecule has 1 aromatic heterocycles. The van der Waals surface area contributed by atoms with Crippen molar-refractivity contribution in [1.82, 2.24) is 4.98 Å². The van der Waals surface area contributed by atoms with Crippen molar-refractivity contribution in [3.8, 4) is 5.75 Å². The van der Waals surface area contributed by atoms with Crippen molar-refractivity contribution in [2.24, 2.45) is 4.99 Å². The highest BCUT2D eigenvalue weighted by atomic mass is 32.1. The zero-order chi connectivity index (χ0) is 11.1. The molecule has 1 N–H and O–H groups in total. The number of aromatic hydroxyl groups is 1. The molecule has 2 aromatic rings. The van der Waals surface area contributed by atoms with E-state index >= 15 is 0 Å². The van der Waals surface area contributed by atoms with Crippen molar-refractivity contribution in [2.45, 2.75) is 6.92 Å². The maximum Gasteiger partial charge on any atom is 0.208 e. The molecule has 3 nitrogen and oxygen atoms in total. The van der Waals surface area contributed by atoms with Gasteiger partial charge in [-0.2, -0.15) is 0 Å². The number of thiazole rings is 1. The van der Waals surface area contributed by atoms with Gasteiger partial charge in [-0.25, -0.2) is 9.98 Å². The average molecular weight is 220 g/mol. The molecular weight excluding hydrogens is 208 g/mol. The standard InChI is InChI=1S/C7H8O.C4H4N2S/c1-6-2-4-7(8)5-3-6;1-5-4-6-2-3-7-4/h2-5,8H,1H3;2-3H,1H2. The van der Waals surface area contributed by atoms with E-state index in [1.165, 1.54) is 16.9 Å². The smallest absolute Gasteiger partial charge is 0.208 e. The number of hydrogen-bond donors (Lipinski definition) is 1. The summed E-state index contributed by atoms with van der Waals surface area (Å²) in [4.78, 5) is 7.41. The van der Waals surface area contributed by atoms with Crippen LogP contribution in [0.2, 0.25) is 0 Å². The molecule has 0 amide bonds. The molecule has 0 atom stereocenters. The number of aliphatic imine (C=N–C) groups is 1. The van der Waals surface area contributed by atoms with Crippen LogP contribution < -0.4 is 0 Å². The van der Waals surface area contributed by atoms with Crippen molar-refractivity contribution in [3.05, 3.63) is 41.4 Å². The molecule has 0 bridgehead atoms. The highest BCUT2D eigenvalue weighted by Crippen LogP contribution is 2.12. The molecule has 0 spiro atoms. The van der Waals surface area contributed by atoms with Crippen LogP contribution in [0.25, 0.3) is 0 Å². The van der Waals surface area contributed by atoms with Gasteiger partial charge in [-0.1, -0.05) is 17.7 Å². The average Bonchev–Trinajstić information content (AvgIpc) is 2.76. The molecule has 0 aliphatic carbocycles. The summed E-state index contributed by atoms with van der Waals surface area (Å²) in [5.41, 5.74) is 1.17. The fourth-order valence-electron chi connectivity index (χ4n) is 0.839. The third-order valence-electron chi connectivity index (χ3n) is 1.59. The van der Waals surface area contributed by atoms with Crippen molar-refractivity contribution in [2.75, 3.05) is 0 Å². The minimum Gasteiger partial charge on any atom is -0.508 e. The number of hydrogen-bond acceptors (Lipinski definition) is 4. The van der Waals surface area contributed by atoms with Crippen LogP contribution in [0.15, 0.2) is 40.8 Å². The number of phenols is 1. The van der Waals surface area contributed by atoms with E-state index < -0.39 is 0 Å². The maximum atomic E-state index is 8.76. The molecule has 2 rings (SSSR count). The Morgan fingerprint density at radius 2 is 2.00 bits per heavy atom. The lowest BCUT2D eigenvalue weighted by Crippen LogP contribution is -1.66. The van der Waals surface area contributed by atoms with Gasteiger partial charge in [-0.3, -0.25) is 0 Å². The second-order valence-corrected chi connectivity index (χ2v) is 3.68. The second kappa shape index (κ2) is 5.93. The molecule has 1 heterocycles. The van der Waals surface area contributed by atoms with Crippen LogP contribution in [0, 0.1) is 6.92 Å². The van der Waals surface area contributed by atoms with Crippen LogP contribution >= 0.6 is 11.3 Å². The van der Waals surface area contributed by atoms with Gasteiger partial charge < -0.3 is 5.11 Å². The maximum absolute atomic E-state index is 8.76. The summed E-state index contributed by atoms with van der Waals surface area (Å²) >= 11 is 1.48. The fraction of sp³-hybridized carbons (Fsp3) is 0.0909. The molecule has 78 valence electrons. The zero-order valence-electron chi connectivity index (χ0n) is 8.42. The topological polar surface area (TPSA) is 45.5 Å². The number of phenolic OH excluding ortho intramolecular Hbond substituents is 1. The second-order valence-electron chi connectivity index (χ2n) is 2.81. The Bertz CT molecular complexity index is 374. The number of rotatable bonds is 1. The van der Waals surface area contributed by atoms with Gasteiger partial charge in [-0.15, -0.1) is 11.3 Å². The van der Waals surface area contributed by atoms with E-state index in [9.17, 15) is 0 Å². The predicted molar refractivity (Wildman–Crippen MR) is 64.2 cm³/mol. The van der Waals surface area contributed by atoms with E-state index in [2.05, 4.69) is 16.7 Å². The Balaban J connectivity index is 0.000000151. The van der Waals surface area contributed by atoms with Crippen molar-refractivity contribution in [1.29, 1.82) is 0 Å². The van der Waals surface area contributed by atoms with Crippen LogP contribution in [0.4, 0.5) is 5.13 Å². The first-order chi connectivity index (χ1) is 7.22. The van der Waals surface area contributed by atoms with Gasteiger partial charge in [0.25, 0.3) is 0 Å². The third kappa shape index (κ3) is 4.37. The van der Waals surface area contributed by atoms with E-state index in [0.717, 1.165) is 5.13 Å². The first-order valence-corrected chi connectivity index (χ1v) is 5.22. The lowest BCUT2D eigenvalue weighted by Gasteiger charge is -1.89. The molecule has 1 aromatic carbocycles. The molecule has 0 fully saturated rings. The van der Waals surface area contributed by atoms with Gasteiger partial charge in [0.2, 0.25) is 5.13 Å². The Hall–Kier alpha value is -1.68. The van der Waals surface area contributed by atoms with Crippen molar-refractivity contribution >= 4 is 23.2 Å². The minimum absolute atomic E-state index is 0.329. The Morgan fingerprint density at radius 3 is 2.33 bits per heavy atom. The highest BCUT2D eigenvalue weighted by molar-refractivity contribution is 7.13. The summed E-state index contributed by atoms with van der Waals surface area (Å²) in [6.45, 7) is 5.29. The number of nitrogens with zero attached hydrogens (tertiary/aromatic N) is 2. The quantitative estimate of drug-likeness (QED) is 0.750. The van der Waals surface area contributed by atoms with Gasteiger partial charge in [0.15, 0.2) is 0 Å². The first-order valence-electron chi connectivity index (χ1n) is 4.34. The largest absolute Gasteiger partial charge is 0.508 e. The van der Waals surface area contributed by atoms with Gasteiger partial charge in [0.1, 0.15) is 5.75 Å². The number of aryl methyl sites for hydroxylation is 1. The van der Waals surface area contributed by atoms with E-state index in [0.29, 0.717) is 5.75 Å². The van der Waals surface area contributed by atoms with Crippen LogP contribution in [-0.4, -0.2) is 16.8 Å². The highest BCUT2D eigenvalue weighted by Gasteiger charge is 1.82. The van der Waals surface area contributed by atoms with Crippen molar-refractivity contribution in [3.63, 3.8) is 0 Å². The Labute approximate surface area is 92.8 Å². The lowest BCUT2D eigenvalue weighted by atomic mass is 10.2. The molecular formula is C11H12N2OS. The minimum atomic E-state index is 0.329. The summed E-state index contributed by atoms with van der Waals surface area (Å²) < 4.78 is 0. The van der Waals surface area contributed by atoms with Crippen LogP contribution in [0.3, 0.4) is 0 Å². The van der Waals surface area contributed by atoms with E-state index in [4.69, 9.17) is 5.11 Å². The first kappa shape index (κ1) is 11.4. The molecule has 0 aliphatic heterocycles. The van der Waals surface area contributed by atoms with Gasteiger partial charge in [0, 0.05) is 11.6 Å². The zero-order valence-corrected chi connectivity index (χ0v) is 9.24. The Kier molecular flexibility index (Phi) is 4.50. The van der Waals surface area contributed by atoms with E-state index in [1.807, 2.05) is 24.4 Å². The van der Waals surface area contributed by atoms with Gasteiger partial charge >= 0.3 is 0 Å². The van der Waals surface area contributed by atoms with Gasteiger partial charge in [0.05, 0.1) is 0 Å². The summed E-state index contributed by atoms with van der Waals surface area (Å²) in [5.74, 6) is 0.329. The van der Waals surface area contributed by atoms with Gasteiger partial charge in [-0.05, 0) is 25.8 Å². The fourth-order valence-corrected chi connectivity index (χ4v) is 1.28. The summed E-state index contributed by atoms with van der Waals surface area (Å²) in [7, 11) is 0. The molecule has 0 saturated heterocycles. The van der Waals surface area contributed by atoms with Crippen molar-refractivity contribution < 1.29 is 5.11 Å². The summed E-state index contributed by atoms with van der Waals surface area (Å²) in [5, 5.41) is 11.4. The lowest BCUT2D eigenvalue weighted by molar-refractivity contribution is 0.475. The molecule has 15 heavy (non-hydrogen) atoms. The van der Waals surface area contributed by atoms with Crippen LogP contribution in [0.1, 0.15) is 5.56 Å². The summed E-state index contributed by atoms with van der Waals surface area (Å²) in [6.07, 6.45) is 1.70. The molecule has 0 unspecified atom stereocenters. The third-order valence-corrected chi connectivity index (χ3v) is 2.29. The molecule has 0 saturated carbocycles. The molecule has 0 aliphatic rings. The Morgan fingerprint density at radius 1 is 1.33 bits per heavy atom. The normalized spacial score (nSPS) is 8.87. The summed E-state index contributed by atoms with van der Waals surface area (Å²) in [6, 6.07) is 7.09. The van der Waals surface area contributed by atoms with Crippen LogP contribution in [0.5, 0.6) is 5.75 Å². The number of benzene rings is 1. The molecule has 4 heteroatoms. The molecule has 0 radical (unpaired) electrons. The van der Waals surface area contributed by atoms with E-state index in [-0.39, 0.29) is 0 Å². The SMILES string of the molecule is C=Nc1nccs1.Cc1ccc(O)cc1. The monoisotopic (exact) mass is 220 g/mol. The number of aromatic nitrogens is 1.